The number of carbonyl (C=O) groups excluding carboxylic acids is 5. The number of esters is 2. The Morgan fingerprint density at radius 3 is 1.59 bits per heavy atom. The first-order valence-electron chi connectivity index (χ1n) is 19.6. The molecule has 0 saturated carbocycles. The number of aromatic nitrogens is 4. The van der Waals surface area contributed by atoms with E-state index in [0.29, 0.717) is 32.3 Å². The van der Waals surface area contributed by atoms with Crippen LogP contribution in [0.3, 0.4) is 0 Å². The summed E-state index contributed by atoms with van der Waals surface area (Å²) < 4.78 is 25.0. The van der Waals surface area contributed by atoms with Gasteiger partial charge in [0, 0.05) is 14.2 Å². The van der Waals surface area contributed by atoms with Crippen LogP contribution in [-0.2, 0) is 50.0 Å². The number of hydrogen-bond donors (Lipinski definition) is 2. The molecule has 1 aliphatic rings. The van der Waals surface area contributed by atoms with E-state index in [9.17, 15) is 29.1 Å². The van der Waals surface area contributed by atoms with Crippen molar-refractivity contribution in [1.29, 1.82) is 0 Å². The third-order valence-electron chi connectivity index (χ3n) is 10.1. The number of ketones is 1. The number of hydrogen-bond acceptors (Lipinski definition) is 14. The number of aryl methyl sites for hydroxylation is 1. The third kappa shape index (κ3) is 9.87. The molecule has 7 rings (SSSR count). The predicted molar refractivity (Wildman–Crippen MR) is 226 cm³/mol. The van der Waals surface area contributed by atoms with Crippen LogP contribution in [0.4, 0.5) is 0 Å². The van der Waals surface area contributed by atoms with Crippen molar-refractivity contribution in [1.82, 2.24) is 30.4 Å². The lowest BCUT2D eigenvalue weighted by Gasteiger charge is -2.54. The van der Waals surface area contributed by atoms with Crippen LogP contribution in [0.25, 0.3) is 0 Å². The minimum atomic E-state index is -2.47. The lowest BCUT2D eigenvalue weighted by Crippen LogP contribution is -2.84. The largest absolute Gasteiger partial charge is 0.452 e. The summed E-state index contributed by atoms with van der Waals surface area (Å²) in [5.74, 6) is -6.76. The number of ether oxygens (including phenoxy) is 4. The van der Waals surface area contributed by atoms with Crippen molar-refractivity contribution >= 4 is 41.3 Å². The summed E-state index contributed by atoms with van der Waals surface area (Å²) in [5.41, 5.74) is 0.172. The van der Waals surface area contributed by atoms with Gasteiger partial charge in [-0.25, -0.2) is 9.48 Å². The van der Waals surface area contributed by atoms with E-state index in [0.717, 1.165) is 18.9 Å². The molecular formula is C46H42N6O10S. The van der Waals surface area contributed by atoms with Crippen molar-refractivity contribution in [3.05, 3.63) is 179 Å². The molecular weight excluding hydrogens is 829 g/mol. The Morgan fingerprint density at radius 1 is 0.714 bits per heavy atom. The molecule has 2 N–H and O–H groups in total. The molecule has 17 heteroatoms. The van der Waals surface area contributed by atoms with E-state index in [2.05, 4.69) is 20.8 Å². The van der Waals surface area contributed by atoms with Gasteiger partial charge >= 0.3 is 11.9 Å². The summed E-state index contributed by atoms with van der Waals surface area (Å²) in [5, 5.41) is 25.6. The number of nitrogens with one attached hydrogen (secondary N) is 1. The number of methoxy groups -OCH3 is 1. The maximum atomic E-state index is 14.6. The van der Waals surface area contributed by atoms with Crippen LogP contribution in [-0.4, -0.2) is 97.4 Å². The minimum Gasteiger partial charge on any atom is -0.452 e. The summed E-state index contributed by atoms with van der Waals surface area (Å²) in [4.78, 5) is 71.0. The minimum absolute atomic E-state index is 0.173. The molecule has 4 unspecified atom stereocenters. The van der Waals surface area contributed by atoms with Crippen LogP contribution < -0.4 is 5.32 Å². The first-order chi connectivity index (χ1) is 30.6. The van der Waals surface area contributed by atoms with Gasteiger partial charge in [0.15, 0.2) is 30.1 Å². The Morgan fingerprint density at radius 2 is 1.16 bits per heavy atom. The normalized spacial score (nSPS) is 16.8. The Balaban J connectivity index is 1.18. The van der Waals surface area contributed by atoms with Gasteiger partial charge in [-0.15, -0.1) is 5.10 Å². The number of nitrogens with zero attached hydrogens (tertiary/aromatic N) is 5. The molecule has 6 aromatic rings. The number of carbonyl (C=O) groups is 5. The fourth-order valence-corrected chi connectivity index (χ4v) is 7.66. The summed E-state index contributed by atoms with van der Waals surface area (Å²) in [7, 11) is 2.69. The van der Waals surface area contributed by atoms with E-state index in [1.807, 2.05) is 12.1 Å². The van der Waals surface area contributed by atoms with Gasteiger partial charge in [-0.05, 0) is 38.2 Å². The van der Waals surface area contributed by atoms with Crippen LogP contribution in [0.2, 0.25) is 0 Å². The van der Waals surface area contributed by atoms with Crippen molar-refractivity contribution in [3.8, 4) is 0 Å². The maximum absolute atomic E-state index is 14.6. The average Bonchev–Trinajstić information content (AvgIpc) is 3.74. The number of rotatable bonds is 19. The first kappa shape index (κ1) is 44.0. The van der Waals surface area contributed by atoms with Crippen molar-refractivity contribution in [2.45, 2.75) is 41.5 Å². The zero-order chi connectivity index (χ0) is 44.3. The zero-order valence-electron chi connectivity index (χ0n) is 34.0. The molecule has 63 heavy (non-hydrogen) atoms. The Bertz CT molecular complexity index is 2420. The second-order valence-electron chi connectivity index (χ2n) is 14.2. The summed E-state index contributed by atoms with van der Waals surface area (Å²) in [6, 6.07) is 43.6. The highest BCUT2D eigenvalue weighted by Gasteiger charge is 2.67. The number of aliphatic hydroxyl groups excluding tert-OH is 1. The molecule has 0 bridgehead atoms. The van der Waals surface area contributed by atoms with E-state index < -0.39 is 72.4 Å². The van der Waals surface area contributed by atoms with E-state index in [1.165, 1.54) is 4.68 Å². The summed E-state index contributed by atoms with van der Waals surface area (Å²) in [6.45, 7) is -0.688. The monoisotopic (exact) mass is 870 g/mol. The van der Waals surface area contributed by atoms with Crippen molar-refractivity contribution in [3.63, 3.8) is 0 Å². The second kappa shape index (κ2) is 20.2. The van der Waals surface area contributed by atoms with E-state index in [1.54, 1.807) is 147 Å². The molecule has 2 amide bonds. The fourth-order valence-electron chi connectivity index (χ4n) is 6.97. The quantitative estimate of drug-likeness (QED) is 0.0384. The molecule has 1 aromatic heterocycles. The second-order valence-corrected chi connectivity index (χ2v) is 15.2. The molecule has 16 nitrogen and oxygen atoms in total. The highest BCUT2D eigenvalue weighted by molar-refractivity contribution is 7.99. The molecule has 1 fully saturated rings. The van der Waals surface area contributed by atoms with Gasteiger partial charge in [0.2, 0.25) is 17.3 Å². The highest BCUT2D eigenvalue weighted by atomic mass is 32.2. The molecule has 322 valence electrons. The number of thioether (sulfide) groups is 1. The van der Waals surface area contributed by atoms with E-state index >= 15 is 0 Å². The topological polar surface area (TPSA) is 201 Å². The van der Waals surface area contributed by atoms with Crippen LogP contribution in [0.15, 0.2) is 157 Å². The number of likely N-dealkylation sites (tertiary alicyclic amines) is 1. The fraction of sp³-hybridized carbons (Fsp3) is 0.217. The molecule has 0 radical (unpaired) electrons. The van der Waals surface area contributed by atoms with Crippen LogP contribution in [0, 0.1) is 0 Å². The average molecular weight is 871 g/mol. The van der Waals surface area contributed by atoms with Gasteiger partial charge in [-0.2, -0.15) is 0 Å². The molecule has 0 spiro atoms. The van der Waals surface area contributed by atoms with Gasteiger partial charge in [0.1, 0.15) is 6.61 Å². The number of amides is 2. The maximum Gasteiger partial charge on any atom is 0.357 e. The number of tetrazole rings is 1. The Kier molecular flexibility index (Phi) is 14.1. The lowest BCUT2D eigenvalue weighted by molar-refractivity contribution is -0.283. The van der Waals surface area contributed by atoms with E-state index in [4.69, 9.17) is 18.9 Å². The SMILES string of the molecule is COC1(NC(=O)C(C(=O)OC(c2ccccc2)c2ccccc2)c2ccccc2)C(=O)N(C(O)C(=O)OC(c2ccccc2)c2ccccc2)C1OCC(=O)CSc1nnnn1C. The summed E-state index contributed by atoms with van der Waals surface area (Å²) >= 11 is 1.02. The smallest absolute Gasteiger partial charge is 0.357 e. The molecule has 1 aliphatic heterocycles. The predicted octanol–water partition coefficient (Wildman–Crippen LogP) is 4.28. The molecule has 1 saturated heterocycles. The number of aliphatic hydroxyl groups is 1. The van der Waals surface area contributed by atoms with Crippen molar-refractivity contribution in [2.24, 2.45) is 7.05 Å². The van der Waals surface area contributed by atoms with Crippen LogP contribution in [0.5, 0.6) is 0 Å². The number of Topliss-reactive ketones (excluding diaryl/α,β-unsaturated/α-hetero) is 1. The first-order valence-corrected chi connectivity index (χ1v) is 20.6. The number of β-lactam (4-membered cyclic amide) rings is 1. The molecule has 0 aliphatic carbocycles. The summed E-state index contributed by atoms with van der Waals surface area (Å²) in [6.07, 6.45) is -6.06. The standard InChI is InChI=1S/C46H42N6O10S/c1-51-45(48-49-50-51)63-29-35(53)28-60-44-46(59-2,43(58)52(44)40(55)42(57)62-38(33-24-14-6-15-25-33)34-26-16-7-17-27-34)47-39(54)36(30-18-8-3-9-19-30)41(56)61-37(31-20-10-4-11-21-31)32-22-12-5-13-23-32/h3-27,36-38,40,44,55H,28-29H2,1-2H3,(H,47,54). The van der Waals surface area contributed by atoms with E-state index in [-0.39, 0.29) is 11.3 Å². The number of benzene rings is 5. The highest BCUT2D eigenvalue weighted by Crippen LogP contribution is 2.38. The van der Waals surface area contributed by atoms with Gasteiger partial charge in [-0.1, -0.05) is 163 Å². The molecule has 4 atom stereocenters. The van der Waals surface area contributed by atoms with Crippen molar-refractivity contribution in [2.75, 3.05) is 19.5 Å². The van der Waals surface area contributed by atoms with Gasteiger partial charge in [0.05, 0.1) is 5.75 Å². The molecule has 5 aromatic carbocycles. The van der Waals surface area contributed by atoms with Crippen LogP contribution in [0.1, 0.15) is 45.9 Å². The van der Waals surface area contributed by atoms with Gasteiger partial charge < -0.3 is 29.4 Å². The zero-order valence-corrected chi connectivity index (χ0v) is 34.8. The van der Waals surface area contributed by atoms with Crippen LogP contribution >= 0.6 is 11.8 Å². The lowest BCUT2D eigenvalue weighted by atomic mass is 9.93. The van der Waals surface area contributed by atoms with Crippen molar-refractivity contribution < 1.29 is 48.0 Å². The Labute approximate surface area is 366 Å². The van der Waals surface area contributed by atoms with Gasteiger partial charge in [0.25, 0.3) is 11.6 Å². The third-order valence-corrected chi connectivity index (χ3v) is 11.2. The van der Waals surface area contributed by atoms with Gasteiger partial charge in [-0.3, -0.25) is 24.1 Å². The molecule has 2 heterocycles. The Hall–Kier alpha value is -7.05.